The maximum absolute atomic E-state index is 14.1. The van der Waals surface area contributed by atoms with Crippen LogP contribution in [0.5, 0.6) is 5.75 Å². The van der Waals surface area contributed by atoms with Crippen LogP contribution in [0.4, 0.5) is 10.2 Å². The van der Waals surface area contributed by atoms with E-state index in [2.05, 4.69) is 23.9 Å². The zero-order valence-corrected chi connectivity index (χ0v) is 18.1. The second-order valence-corrected chi connectivity index (χ2v) is 8.51. The smallest absolute Gasteiger partial charge is 0.142 e. The van der Waals surface area contributed by atoms with Crippen LogP contribution in [-0.4, -0.2) is 48.2 Å². The third kappa shape index (κ3) is 4.13. The zero-order chi connectivity index (χ0) is 21.4. The van der Waals surface area contributed by atoms with Crippen molar-refractivity contribution in [1.82, 2.24) is 9.88 Å². The monoisotopic (exact) mass is 425 g/mol. The number of pyridine rings is 1. The van der Waals surface area contributed by atoms with Crippen molar-refractivity contribution in [3.05, 3.63) is 64.9 Å². The number of hydrogen-bond acceptors (Lipinski definition) is 4. The Morgan fingerprint density at radius 1 is 1.10 bits per heavy atom. The normalized spacial score (nSPS) is 16.5. The highest BCUT2D eigenvalue weighted by Gasteiger charge is 2.26. The molecule has 30 heavy (non-hydrogen) atoms. The first-order valence-corrected chi connectivity index (χ1v) is 10.4. The van der Waals surface area contributed by atoms with E-state index in [0.717, 1.165) is 42.0 Å². The van der Waals surface area contributed by atoms with Gasteiger partial charge in [0.2, 0.25) is 0 Å². The second kappa shape index (κ2) is 8.25. The van der Waals surface area contributed by atoms with Gasteiger partial charge in [-0.1, -0.05) is 29.3 Å². The summed E-state index contributed by atoms with van der Waals surface area (Å²) in [5, 5.41) is 10.6. The lowest BCUT2D eigenvalue weighted by molar-refractivity contribution is 0.315. The van der Waals surface area contributed by atoms with E-state index in [-0.39, 0.29) is 10.8 Å². The fourth-order valence-corrected chi connectivity index (χ4v) is 4.00. The van der Waals surface area contributed by atoms with E-state index in [1.165, 1.54) is 6.07 Å². The summed E-state index contributed by atoms with van der Waals surface area (Å²) in [6, 6.07) is 14.6. The molecule has 2 aromatic carbocycles. The summed E-state index contributed by atoms with van der Waals surface area (Å²) in [6.07, 6.45) is 1.06. The Hall–Kier alpha value is -2.63. The maximum atomic E-state index is 14.1. The highest BCUT2D eigenvalue weighted by Crippen LogP contribution is 2.35. The highest BCUT2D eigenvalue weighted by atomic mass is 35.5. The van der Waals surface area contributed by atoms with Crippen LogP contribution in [0.2, 0.25) is 5.02 Å². The van der Waals surface area contributed by atoms with Crippen molar-refractivity contribution in [2.45, 2.75) is 19.4 Å². The number of halogens is 2. The Morgan fingerprint density at radius 3 is 2.60 bits per heavy atom. The average Bonchev–Trinajstić information content (AvgIpc) is 3.22. The molecule has 3 aromatic rings. The van der Waals surface area contributed by atoms with Crippen LogP contribution < -0.4 is 4.90 Å². The fraction of sp³-hybridized carbons (Fsp3) is 0.292. The molecule has 6 heteroatoms. The number of aryl methyl sites for hydroxylation is 1. The summed E-state index contributed by atoms with van der Waals surface area (Å²) in [6.45, 7) is 3.75. The lowest BCUT2D eigenvalue weighted by atomic mass is 10.0. The molecule has 0 radical (unpaired) electrons. The van der Waals surface area contributed by atoms with Gasteiger partial charge in [-0.15, -0.1) is 0 Å². The summed E-state index contributed by atoms with van der Waals surface area (Å²) in [4.78, 5) is 9.35. The number of likely N-dealkylation sites (N-methyl/N-ethyl adjacent to an activating group) is 1. The van der Waals surface area contributed by atoms with Crippen molar-refractivity contribution >= 4 is 17.4 Å². The SMILES string of the molecule is Cc1ccc(O)c(-c2cc(-c3ccc(Cl)c(F)c3)cc(N3CCC(N(C)C)C3)n2)c1. The molecule has 2 heterocycles. The Morgan fingerprint density at radius 2 is 1.90 bits per heavy atom. The minimum Gasteiger partial charge on any atom is -0.507 e. The minimum atomic E-state index is -0.457. The van der Waals surface area contributed by atoms with Crippen LogP contribution >= 0.6 is 11.6 Å². The molecule has 0 spiro atoms. The molecule has 1 saturated heterocycles. The number of benzene rings is 2. The number of hydrogen-bond donors (Lipinski definition) is 1. The molecular formula is C24H25ClFN3O. The van der Waals surface area contributed by atoms with Gasteiger partial charge in [-0.25, -0.2) is 9.37 Å². The average molecular weight is 426 g/mol. The topological polar surface area (TPSA) is 39.6 Å². The number of nitrogens with zero attached hydrogens (tertiary/aromatic N) is 3. The third-order valence-electron chi connectivity index (χ3n) is 5.71. The first-order valence-electron chi connectivity index (χ1n) is 10.0. The fourth-order valence-electron chi connectivity index (χ4n) is 3.88. The van der Waals surface area contributed by atoms with Crippen molar-refractivity contribution in [3.8, 4) is 28.1 Å². The highest BCUT2D eigenvalue weighted by molar-refractivity contribution is 6.30. The van der Waals surface area contributed by atoms with E-state index < -0.39 is 5.82 Å². The lowest BCUT2D eigenvalue weighted by Crippen LogP contribution is -2.31. The molecule has 4 rings (SSSR count). The van der Waals surface area contributed by atoms with Gasteiger partial charge in [-0.3, -0.25) is 0 Å². The van der Waals surface area contributed by atoms with Crippen LogP contribution in [0, 0.1) is 12.7 Å². The Bertz CT molecular complexity index is 1090. The van der Waals surface area contributed by atoms with E-state index in [0.29, 0.717) is 17.3 Å². The van der Waals surface area contributed by atoms with Crippen molar-refractivity contribution in [2.75, 3.05) is 32.1 Å². The van der Waals surface area contributed by atoms with Gasteiger partial charge in [-0.2, -0.15) is 0 Å². The molecule has 1 fully saturated rings. The van der Waals surface area contributed by atoms with Gasteiger partial charge in [-0.05, 0) is 75.0 Å². The van der Waals surface area contributed by atoms with Crippen LogP contribution in [0.3, 0.4) is 0 Å². The van der Waals surface area contributed by atoms with Crippen molar-refractivity contribution in [3.63, 3.8) is 0 Å². The number of aromatic hydroxyl groups is 1. The van der Waals surface area contributed by atoms with E-state index in [9.17, 15) is 9.50 Å². The van der Waals surface area contributed by atoms with Crippen LogP contribution in [0.25, 0.3) is 22.4 Å². The molecule has 0 amide bonds. The molecule has 156 valence electrons. The zero-order valence-electron chi connectivity index (χ0n) is 17.4. The molecule has 0 bridgehead atoms. The van der Waals surface area contributed by atoms with Gasteiger partial charge in [0.1, 0.15) is 17.4 Å². The molecule has 1 N–H and O–H groups in total. The van der Waals surface area contributed by atoms with E-state index in [1.54, 1.807) is 18.2 Å². The third-order valence-corrected chi connectivity index (χ3v) is 6.02. The number of rotatable bonds is 4. The predicted molar refractivity (Wildman–Crippen MR) is 121 cm³/mol. The first-order chi connectivity index (χ1) is 14.3. The van der Waals surface area contributed by atoms with Crippen LogP contribution in [-0.2, 0) is 0 Å². The molecule has 0 aliphatic carbocycles. The lowest BCUT2D eigenvalue weighted by Gasteiger charge is -2.22. The predicted octanol–water partition coefficient (Wildman–Crippen LogP) is 5.36. The Balaban J connectivity index is 1.84. The van der Waals surface area contributed by atoms with Crippen molar-refractivity contribution in [1.29, 1.82) is 0 Å². The number of phenols is 1. The molecule has 1 aromatic heterocycles. The molecule has 1 aliphatic rings. The van der Waals surface area contributed by atoms with Crippen molar-refractivity contribution in [2.24, 2.45) is 0 Å². The van der Waals surface area contributed by atoms with Crippen molar-refractivity contribution < 1.29 is 9.50 Å². The van der Waals surface area contributed by atoms with Gasteiger partial charge < -0.3 is 14.9 Å². The molecule has 4 nitrogen and oxygen atoms in total. The van der Waals surface area contributed by atoms with E-state index in [4.69, 9.17) is 16.6 Å². The molecule has 0 saturated carbocycles. The van der Waals surface area contributed by atoms with Gasteiger partial charge in [0, 0.05) is 24.7 Å². The summed E-state index contributed by atoms with van der Waals surface area (Å²) < 4.78 is 14.1. The number of phenolic OH excluding ortho intramolecular Hbond substituents is 1. The largest absolute Gasteiger partial charge is 0.507 e. The van der Waals surface area contributed by atoms with Gasteiger partial charge in [0.05, 0.1) is 10.7 Å². The molecular weight excluding hydrogens is 401 g/mol. The van der Waals surface area contributed by atoms with Crippen LogP contribution in [0.15, 0.2) is 48.5 Å². The van der Waals surface area contributed by atoms with Gasteiger partial charge in [0.25, 0.3) is 0 Å². The minimum absolute atomic E-state index is 0.0953. The molecule has 1 unspecified atom stereocenters. The quantitative estimate of drug-likeness (QED) is 0.610. The first kappa shape index (κ1) is 20.6. The van der Waals surface area contributed by atoms with Crippen LogP contribution in [0.1, 0.15) is 12.0 Å². The Kier molecular flexibility index (Phi) is 5.67. The summed E-state index contributed by atoms with van der Waals surface area (Å²) >= 11 is 5.88. The summed E-state index contributed by atoms with van der Waals surface area (Å²) in [5.41, 5.74) is 3.91. The number of anilines is 1. The second-order valence-electron chi connectivity index (χ2n) is 8.10. The summed E-state index contributed by atoms with van der Waals surface area (Å²) in [5.74, 6) is 0.538. The molecule has 1 atom stereocenters. The molecule has 1 aliphatic heterocycles. The number of aromatic nitrogens is 1. The Labute approximate surface area is 181 Å². The standard InChI is InChI=1S/C24H25ClFN3O/c1-15-4-7-23(30)19(10-15)22-12-17(16-5-6-20(25)21(26)11-16)13-24(27-22)29-9-8-18(14-29)28(2)3/h4-7,10-13,18,30H,8-9,14H2,1-3H3. The van der Waals surface area contributed by atoms with Gasteiger partial charge in [0.15, 0.2) is 0 Å². The maximum Gasteiger partial charge on any atom is 0.142 e. The van der Waals surface area contributed by atoms with E-state index >= 15 is 0 Å². The van der Waals surface area contributed by atoms with Gasteiger partial charge >= 0.3 is 0 Å². The van der Waals surface area contributed by atoms with E-state index in [1.807, 2.05) is 31.2 Å². The summed E-state index contributed by atoms with van der Waals surface area (Å²) in [7, 11) is 4.18.